The Kier molecular flexibility index (Phi) is 2.58. The fourth-order valence-corrected chi connectivity index (χ4v) is 2.35. The van der Waals surface area contributed by atoms with E-state index in [1.807, 2.05) is 0 Å². The highest BCUT2D eigenvalue weighted by Crippen LogP contribution is 2.29. The summed E-state index contributed by atoms with van der Waals surface area (Å²) < 4.78 is 2.43. The van der Waals surface area contributed by atoms with Crippen LogP contribution in [0.1, 0.15) is 12.8 Å². The maximum absolute atomic E-state index is 3.43. The average Bonchev–Trinajstić information content (AvgIpc) is 2.14. The molecule has 0 saturated carbocycles. The molecule has 0 N–H and O–H groups in total. The first-order valence-electron chi connectivity index (χ1n) is 2.55. The summed E-state index contributed by atoms with van der Waals surface area (Å²) in [6.45, 7) is 2.62. The first-order valence-corrected chi connectivity index (χ1v) is 5.75. The van der Waals surface area contributed by atoms with Crippen molar-refractivity contribution in [1.82, 2.24) is 4.67 Å². The predicted octanol–water partition coefficient (Wildman–Crippen LogP) is 1.99. The molecule has 0 aromatic carbocycles. The van der Waals surface area contributed by atoms with Crippen LogP contribution in [-0.4, -0.2) is 17.8 Å². The largest absolute Gasteiger partial charge is 0.276 e. The summed E-state index contributed by atoms with van der Waals surface area (Å²) in [4.78, 5) is 0. The maximum atomic E-state index is 3.43. The van der Waals surface area contributed by atoms with Crippen molar-refractivity contribution in [3.63, 3.8) is 0 Å². The maximum Gasteiger partial charge on any atom is 0.0213 e. The zero-order valence-electron chi connectivity index (χ0n) is 4.15. The van der Waals surface area contributed by atoms with E-state index < -0.39 is 0 Å². The van der Waals surface area contributed by atoms with Gasteiger partial charge in [0.25, 0.3) is 0 Å². The standard InChI is InChI=1S/C4H9BrNP/c5-7-6-3-1-2-4-6/h7H,1-4H2. The van der Waals surface area contributed by atoms with E-state index in [9.17, 15) is 0 Å². The van der Waals surface area contributed by atoms with Gasteiger partial charge in [-0.25, -0.2) is 0 Å². The van der Waals surface area contributed by atoms with E-state index in [0.717, 1.165) is 7.43 Å². The average molecular weight is 182 g/mol. The van der Waals surface area contributed by atoms with Gasteiger partial charge in [0.15, 0.2) is 0 Å². The van der Waals surface area contributed by atoms with Crippen LogP contribution in [0.25, 0.3) is 0 Å². The van der Waals surface area contributed by atoms with E-state index in [1.54, 1.807) is 0 Å². The van der Waals surface area contributed by atoms with Crippen LogP contribution < -0.4 is 0 Å². The van der Waals surface area contributed by atoms with Gasteiger partial charge in [0.1, 0.15) is 0 Å². The molecule has 0 amide bonds. The second kappa shape index (κ2) is 3.01. The van der Waals surface area contributed by atoms with Gasteiger partial charge in [-0.05, 0) is 28.3 Å². The number of halogens is 1. The highest BCUT2D eigenvalue weighted by molar-refractivity contribution is 9.36. The van der Waals surface area contributed by atoms with Gasteiger partial charge in [-0.3, -0.25) is 4.67 Å². The predicted molar refractivity (Wildman–Crippen MR) is 38.0 cm³/mol. The Bertz CT molecular complexity index is 53.7. The Labute approximate surface area is 54.0 Å². The van der Waals surface area contributed by atoms with Crippen molar-refractivity contribution in [2.45, 2.75) is 12.8 Å². The van der Waals surface area contributed by atoms with Crippen molar-refractivity contribution in [3.05, 3.63) is 0 Å². The Morgan fingerprint density at radius 3 is 2.14 bits per heavy atom. The monoisotopic (exact) mass is 181 g/mol. The third kappa shape index (κ3) is 1.67. The third-order valence-corrected chi connectivity index (χ3v) is 3.42. The number of rotatable bonds is 1. The Morgan fingerprint density at radius 1 is 1.29 bits per heavy atom. The van der Waals surface area contributed by atoms with Crippen molar-refractivity contribution in [2.75, 3.05) is 13.1 Å². The first-order chi connectivity index (χ1) is 3.43. The number of hydrogen-bond acceptors (Lipinski definition) is 1. The SMILES string of the molecule is BrPN1CCCC1. The molecule has 1 fully saturated rings. The molecule has 0 aromatic heterocycles. The number of nitrogens with zero attached hydrogens (tertiary/aromatic N) is 1. The normalized spacial score (nSPS) is 25.3. The molecule has 42 valence electrons. The highest BCUT2D eigenvalue weighted by atomic mass is 79.9. The van der Waals surface area contributed by atoms with E-state index in [1.165, 1.54) is 25.9 Å². The molecule has 7 heavy (non-hydrogen) atoms. The minimum absolute atomic E-state index is 0.857. The lowest BCUT2D eigenvalue weighted by Crippen LogP contribution is -2.03. The van der Waals surface area contributed by atoms with Crippen molar-refractivity contribution >= 4 is 22.9 Å². The van der Waals surface area contributed by atoms with Gasteiger partial charge in [-0.2, -0.15) is 0 Å². The van der Waals surface area contributed by atoms with Crippen LogP contribution in [-0.2, 0) is 0 Å². The molecule has 3 heteroatoms. The molecular weight excluding hydrogens is 173 g/mol. The third-order valence-electron chi connectivity index (χ3n) is 1.23. The Balaban J connectivity index is 2.14. The summed E-state index contributed by atoms with van der Waals surface area (Å²) in [5.41, 5.74) is 0. The summed E-state index contributed by atoms with van der Waals surface area (Å²) in [6, 6.07) is 0. The van der Waals surface area contributed by atoms with Crippen LogP contribution in [0.4, 0.5) is 0 Å². The molecule has 1 nitrogen and oxygen atoms in total. The molecule has 0 spiro atoms. The second-order valence-corrected chi connectivity index (χ2v) is 3.64. The van der Waals surface area contributed by atoms with Gasteiger partial charge in [-0.15, -0.1) is 0 Å². The van der Waals surface area contributed by atoms with Crippen molar-refractivity contribution < 1.29 is 0 Å². The summed E-state index contributed by atoms with van der Waals surface area (Å²) in [7, 11) is 0.857. The fourth-order valence-electron chi connectivity index (χ4n) is 0.802. The highest BCUT2D eigenvalue weighted by Gasteiger charge is 2.07. The van der Waals surface area contributed by atoms with Gasteiger partial charge >= 0.3 is 0 Å². The van der Waals surface area contributed by atoms with E-state index in [2.05, 4.69) is 20.2 Å². The lowest BCUT2D eigenvalue weighted by atomic mass is 10.4. The minimum atomic E-state index is 0.857. The minimum Gasteiger partial charge on any atom is -0.276 e. The van der Waals surface area contributed by atoms with Crippen LogP contribution >= 0.6 is 22.9 Å². The summed E-state index contributed by atoms with van der Waals surface area (Å²) in [5, 5.41) is 0. The molecule has 1 heterocycles. The molecule has 1 unspecified atom stereocenters. The molecule has 1 atom stereocenters. The summed E-state index contributed by atoms with van der Waals surface area (Å²) in [5.74, 6) is 0. The molecule has 0 bridgehead atoms. The quantitative estimate of drug-likeness (QED) is 0.560. The fraction of sp³-hybridized carbons (Fsp3) is 1.00. The van der Waals surface area contributed by atoms with Gasteiger partial charge in [-0.1, -0.05) is 0 Å². The zero-order chi connectivity index (χ0) is 5.11. The van der Waals surface area contributed by atoms with Crippen LogP contribution in [0.15, 0.2) is 0 Å². The lowest BCUT2D eigenvalue weighted by molar-refractivity contribution is 0.584. The molecule has 1 saturated heterocycles. The molecule has 1 rings (SSSR count). The van der Waals surface area contributed by atoms with E-state index in [0.29, 0.717) is 0 Å². The first kappa shape index (κ1) is 6.00. The molecule has 0 radical (unpaired) electrons. The molecule has 1 aliphatic heterocycles. The Hall–Kier alpha value is 0.870. The summed E-state index contributed by atoms with van der Waals surface area (Å²) >= 11 is 3.43. The van der Waals surface area contributed by atoms with Crippen LogP contribution in [0.2, 0.25) is 0 Å². The van der Waals surface area contributed by atoms with Crippen molar-refractivity contribution in [3.8, 4) is 0 Å². The van der Waals surface area contributed by atoms with Gasteiger partial charge < -0.3 is 0 Å². The van der Waals surface area contributed by atoms with Gasteiger partial charge in [0.2, 0.25) is 0 Å². The summed E-state index contributed by atoms with van der Waals surface area (Å²) in [6.07, 6.45) is 2.80. The number of hydrogen-bond donors (Lipinski definition) is 0. The molecule has 0 aromatic rings. The molecular formula is C4H9BrNP. The van der Waals surface area contributed by atoms with Gasteiger partial charge in [0.05, 0.1) is 0 Å². The van der Waals surface area contributed by atoms with E-state index in [4.69, 9.17) is 0 Å². The lowest BCUT2D eigenvalue weighted by Gasteiger charge is -2.06. The molecule has 0 aliphatic carbocycles. The van der Waals surface area contributed by atoms with Crippen LogP contribution in [0.5, 0.6) is 0 Å². The van der Waals surface area contributed by atoms with E-state index >= 15 is 0 Å². The van der Waals surface area contributed by atoms with Crippen molar-refractivity contribution in [2.24, 2.45) is 0 Å². The Morgan fingerprint density at radius 2 is 1.86 bits per heavy atom. The van der Waals surface area contributed by atoms with E-state index in [-0.39, 0.29) is 0 Å². The van der Waals surface area contributed by atoms with Gasteiger partial charge in [0, 0.05) is 20.5 Å². The smallest absolute Gasteiger partial charge is 0.0213 e. The molecule has 1 aliphatic rings. The van der Waals surface area contributed by atoms with Crippen molar-refractivity contribution in [1.29, 1.82) is 0 Å². The van der Waals surface area contributed by atoms with Crippen LogP contribution in [0.3, 0.4) is 0 Å². The zero-order valence-corrected chi connectivity index (χ0v) is 6.74. The second-order valence-electron chi connectivity index (χ2n) is 1.78. The topological polar surface area (TPSA) is 3.24 Å². The van der Waals surface area contributed by atoms with Crippen LogP contribution in [0, 0.1) is 0 Å².